The highest BCUT2D eigenvalue weighted by Crippen LogP contribution is 2.20. The number of nitrogen functional groups attached to an aromatic ring is 1. The Balaban J connectivity index is 2.42. The monoisotopic (exact) mass is 237 g/mol. The zero-order valence-electron chi connectivity index (χ0n) is 11.6. The van der Waals surface area contributed by atoms with E-state index in [9.17, 15) is 0 Å². The maximum Gasteiger partial charge on any atom is 0.148 e. The van der Waals surface area contributed by atoms with Gasteiger partial charge >= 0.3 is 0 Å². The van der Waals surface area contributed by atoms with E-state index in [1.807, 2.05) is 0 Å². The van der Waals surface area contributed by atoms with Crippen LogP contribution in [-0.4, -0.2) is 10.2 Å². The van der Waals surface area contributed by atoms with Gasteiger partial charge in [-0.3, -0.25) is 5.10 Å². The lowest BCUT2D eigenvalue weighted by atomic mass is 10.00. The molecule has 0 atom stereocenters. The van der Waals surface area contributed by atoms with Crippen molar-refractivity contribution in [3.8, 4) is 0 Å². The molecule has 1 aromatic rings. The normalized spacial score (nSPS) is 11.3. The van der Waals surface area contributed by atoms with Crippen molar-refractivity contribution in [2.24, 2.45) is 5.92 Å². The predicted molar refractivity (Wildman–Crippen MR) is 74.0 cm³/mol. The molecule has 0 fully saturated rings. The molecule has 1 heterocycles. The van der Waals surface area contributed by atoms with Gasteiger partial charge in [-0.05, 0) is 25.2 Å². The third kappa shape index (κ3) is 4.80. The molecule has 0 saturated carbocycles. The number of unbranched alkanes of at least 4 members (excludes halogenated alkanes) is 4. The predicted octanol–water partition coefficient (Wildman–Crippen LogP) is 3.70. The number of rotatable bonds is 8. The van der Waals surface area contributed by atoms with Gasteiger partial charge < -0.3 is 5.73 Å². The van der Waals surface area contributed by atoms with E-state index in [0.29, 0.717) is 11.7 Å². The van der Waals surface area contributed by atoms with E-state index < -0.39 is 0 Å². The van der Waals surface area contributed by atoms with Crippen molar-refractivity contribution in [3.05, 3.63) is 11.3 Å². The number of hydrogen-bond donors (Lipinski definition) is 2. The van der Waals surface area contributed by atoms with Gasteiger partial charge in [0.15, 0.2) is 0 Å². The molecular weight excluding hydrogens is 210 g/mol. The van der Waals surface area contributed by atoms with E-state index in [0.717, 1.165) is 12.8 Å². The van der Waals surface area contributed by atoms with Gasteiger partial charge in [0.05, 0.1) is 0 Å². The summed E-state index contributed by atoms with van der Waals surface area (Å²) in [5.74, 6) is 1.33. The Kier molecular flexibility index (Phi) is 6.09. The second-order valence-corrected chi connectivity index (χ2v) is 5.33. The number of hydrogen-bond acceptors (Lipinski definition) is 2. The van der Waals surface area contributed by atoms with Crippen molar-refractivity contribution < 1.29 is 0 Å². The van der Waals surface area contributed by atoms with Crippen molar-refractivity contribution in [1.29, 1.82) is 0 Å². The van der Waals surface area contributed by atoms with Crippen LogP contribution in [0.15, 0.2) is 0 Å². The number of aryl methyl sites for hydroxylation is 1. The molecule has 1 aromatic heterocycles. The molecule has 98 valence electrons. The molecule has 3 nitrogen and oxygen atoms in total. The molecular formula is C14H27N3. The van der Waals surface area contributed by atoms with Gasteiger partial charge in [-0.2, -0.15) is 5.10 Å². The molecule has 0 spiro atoms. The van der Waals surface area contributed by atoms with E-state index >= 15 is 0 Å². The SMILES string of the molecule is CCCCCCCc1[nH]nc(N)c1CC(C)C. The highest BCUT2D eigenvalue weighted by molar-refractivity contribution is 5.42. The van der Waals surface area contributed by atoms with Crippen molar-refractivity contribution in [2.75, 3.05) is 5.73 Å². The third-order valence-electron chi connectivity index (χ3n) is 3.13. The molecule has 1 rings (SSSR count). The van der Waals surface area contributed by atoms with Gasteiger partial charge in [-0.1, -0.05) is 46.5 Å². The van der Waals surface area contributed by atoms with Gasteiger partial charge in [0.25, 0.3) is 0 Å². The Bertz CT molecular complexity index is 315. The first kappa shape index (κ1) is 14.1. The first-order valence-electron chi connectivity index (χ1n) is 6.96. The van der Waals surface area contributed by atoms with E-state index in [1.54, 1.807) is 0 Å². The second-order valence-electron chi connectivity index (χ2n) is 5.33. The standard InChI is InChI=1S/C14H27N3/c1-4-5-6-7-8-9-13-12(10-11(2)3)14(15)17-16-13/h11H,4-10H2,1-3H3,(H3,15,16,17). The zero-order valence-corrected chi connectivity index (χ0v) is 11.6. The molecule has 0 bridgehead atoms. The van der Waals surface area contributed by atoms with Crippen LogP contribution in [0.4, 0.5) is 5.82 Å². The molecule has 3 heteroatoms. The maximum atomic E-state index is 5.90. The molecule has 17 heavy (non-hydrogen) atoms. The quantitative estimate of drug-likeness (QED) is 0.677. The Morgan fingerprint density at radius 3 is 2.53 bits per heavy atom. The number of aromatic amines is 1. The van der Waals surface area contributed by atoms with Crippen LogP contribution in [0, 0.1) is 5.92 Å². The van der Waals surface area contributed by atoms with Crippen LogP contribution in [0.25, 0.3) is 0 Å². The molecule has 0 aliphatic rings. The number of aromatic nitrogens is 2. The number of anilines is 1. The zero-order chi connectivity index (χ0) is 12.7. The maximum absolute atomic E-state index is 5.90. The van der Waals surface area contributed by atoms with Crippen molar-refractivity contribution in [1.82, 2.24) is 10.2 Å². The highest BCUT2D eigenvalue weighted by Gasteiger charge is 2.11. The summed E-state index contributed by atoms with van der Waals surface area (Å²) in [4.78, 5) is 0. The Morgan fingerprint density at radius 1 is 1.18 bits per heavy atom. The van der Waals surface area contributed by atoms with Crippen LogP contribution in [-0.2, 0) is 12.8 Å². The van der Waals surface area contributed by atoms with E-state index in [1.165, 1.54) is 43.4 Å². The smallest absolute Gasteiger partial charge is 0.148 e. The summed E-state index contributed by atoms with van der Waals surface area (Å²) in [5, 5.41) is 7.23. The highest BCUT2D eigenvalue weighted by atomic mass is 15.2. The topological polar surface area (TPSA) is 54.7 Å². The average Bonchev–Trinajstić information content (AvgIpc) is 2.60. The first-order valence-corrected chi connectivity index (χ1v) is 6.96. The molecule has 0 aromatic carbocycles. The van der Waals surface area contributed by atoms with Crippen LogP contribution in [0.1, 0.15) is 64.1 Å². The Morgan fingerprint density at radius 2 is 1.88 bits per heavy atom. The summed E-state index contributed by atoms with van der Waals surface area (Å²) in [5.41, 5.74) is 8.40. The molecule has 0 amide bonds. The van der Waals surface area contributed by atoms with Crippen molar-refractivity contribution in [3.63, 3.8) is 0 Å². The number of nitrogens with two attached hydrogens (primary N) is 1. The Labute approximate surface area is 105 Å². The van der Waals surface area contributed by atoms with Crippen LogP contribution < -0.4 is 5.73 Å². The minimum absolute atomic E-state index is 0.633. The minimum Gasteiger partial charge on any atom is -0.382 e. The van der Waals surface area contributed by atoms with Crippen LogP contribution >= 0.6 is 0 Å². The average molecular weight is 237 g/mol. The van der Waals surface area contributed by atoms with E-state index in [-0.39, 0.29) is 0 Å². The summed E-state index contributed by atoms with van der Waals surface area (Å²) in [7, 11) is 0. The van der Waals surface area contributed by atoms with E-state index in [2.05, 4.69) is 31.0 Å². The lowest BCUT2D eigenvalue weighted by molar-refractivity contribution is 0.616. The summed E-state index contributed by atoms with van der Waals surface area (Å²) in [6.07, 6.45) is 8.68. The second kappa shape index (κ2) is 7.36. The van der Waals surface area contributed by atoms with Crippen molar-refractivity contribution in [2.45, 2.75) is 65.7 Å². The largest absolute Gasteiger partial charge is 0.382 e. The molecule has 0 aliphatic heterocycles. The summed E-state index contributed by atoms with van der Waals surface area (Å²) >= 11 is 0. The molecule has 3 N–H and O–H groups in total. The fourth-order valence-electron chi connectivity index (χ4n) is 2.17. The van der Waals surface area contributed by atoms with Crippen LogP contribution in [0.2, 0.25) is 0 Å². The number of nitrogens with one attached hydrogen (secondary N) is 1. The third-order valence-corrected chi connectivity index (χ3v) is 3.13. The number of H-pyrrole nitrogens is 1. The van der Waals surface area contributed by atoms with Gasteiger partial charge in [-0.15, -0.1) is 0 Å². The van der Waals surface area contributed by atoms with Gasteiger partial charge in [0.1, 0.15) is 5.82 Å². The lowest BCUT2D eigenvalue weighted by Crippen LogP contribution is -2.01. The Hall–Kier alpha value is -0.990. The first-order chi connectivity index (χ1) is 8.15. The lowest BCUT2D eigenvalue weighted by Gasteiger charge is -2.06. The molecule has 0 unspecified atom stereocenters. The van der Waals surface area contributed by atoms with Crippen molar-refractivity contribution >= 4 is 5.82 Å². The summed E-state index contributed by atoms with van der Waals surface area (Å²) in [6.45, 7) is 6.69. The van der Waals surface area contributed by atoms with Crippen LogP contribution in [0.3, 0.4) is 0 Å². The number of nitrogens with zero attached hydrogens (tertiary/aromatic N) is 1. The molecule has 0 saturated heterocycles. The van der Waals surface area contributed by atoms with Gasteiger partial charge in [0, 0.05) is 11.3 Å². The fraction of sp³-hybridized carbons (Fsp3) is 0.786. The molecule has 0 aliphatic carbocycles. The summed E-state index contributed by atoms with van der Waals surface area (Å²) in [6, 6.07) is 0. The summed E-state index contributed by atoms with van der Waals surface area (Å²) < 4.78 is 0. The van der Waals surface area contributed by atoms with E-state index in [4.69, 9.17) is 5.73 Å². The fourth-order valence-corrected chi connectivity index (χ4v) is 2.17. The van der Waals surface area contributed by atoms with Gasteiger partial charge in [0.2, 0.25) is 0 Å². The van der Waals surface area contributed by atoms with Gasteiger partial charge in [-0.25, -0.2) is 0 Å². The van der Waals surface area contributed by atoms with Crippen LogP contribution in [0.5, 0.6) is 0 Å². The molecule has 0 radical (unpaired) electrons. The minimum atomic E-state index is 0.633.